The Morgan fingerprint density at radius 1 is 1.03 bits per heavy atom. The molecular weight excluding hydrogens is 391 g/mol. The zero-order valence-electron chi connectivity index (χ0n) is 14.4. The minimum atomic E-state index is -4.85. The molecule has 4 aromatic rings. The Labute approximate surface area is 160 Å². The van der Waals surface area contributed by atoms with E-state index in [-0.39, 0.29) is 22.5 Å². The maximum absolute atomic E-state index is 14.4. The van der Waals surface area contributed by atoms with Gasteiger partial charge in [-0.25, -0.2) is 13.8 Å². The highest BCUT2D eigenvalue weighted by molar-refractivity contribution is 5.74. The van der Waals surface area contributed by atoms with Crippen LogP contribution in [0.5, 0.6) is 0 Å². The Kier molecular flexibility index (Phi) is 4.27. The average Bonchev–Trinajstić information content (AvgIpc) is 3.13. The molecule has 0 amide bonds. The van der Waals surface area contributed by atoms with Gasteiger partial charge in [-0.2, -0.15) is 18.4 Å². The molecule has 0 aliphatic carbocycles. The third-order valence-electron chi connectivity index (χ3n) is 4.37. The molecule has 0 spiro atoms. The third kappa shape index (κ3) is 3.08. The molecule has 0 N–H and O–H groups in total. The summed E-state index contributed by atoms with van der Waals surface area (Å²) in [7, 11) is 0. The zero-order valence-corrected chi connectivity index (χ0v) is 14.4. The van der Waals surface area contributed by atoms with Gasteiger partial charge in [0.25, 0.3) is 0 Å². The Morgan fingerprint density at radius 3 is 2.55 bits per heavy atom. The van der Waals surface area contributed by atoms with Crippen LogP contribution < -0.4 is 0 Å². The molecule has 3 heterocycles. The summed E-state index contributed by atoms with van der Waals surface area (Å²) < 4.78 is 68.6. The highest BCUT2D eigenvalue weighted by Crippen LogP contribution is 2.34. The van der Waals surface area contributed by atoms with E-state index in [1.54, 1.807) is 0 Å². The summed E-state index contributed by atoms with van der Waals surface area (Å²) in [6.07, 6.45) is -1.20. The van der Waals surface area contributed by atoms with Crippen LogP contribution in [-0.2, 0) is 6.18 Å². The number of alkyl halides is 3. The number of benzene rings is 1. The first kappa shape index (κ1) is 18.6. The van der Waals surface area contributed by atoms with Crippen molar-refractivity contribution in [2.45, 2.75) is 6.18 Å². The number of nitrogens with zero attached hydrogens (tertiary/aromatic N) is 4. The topological polar surface area (TPSA) is 54.0 Å². The number of nitriles is 1. The van der Waals surface area contributed by atoms with Gasteiger partial charge in [-0.15, -0.1) is 0 Å². The maximum Gasteiger partial charge on any atom is 0.419 e. The predicted molar refractivity (Wildman–Crippen MR) is 93.5 cm³/mol. The Morgan fingerprint density at radius 2 is 1.83 bits per heavy atom. The number of imidazole rings is 1. The van der Waals surface area contributed by atoms with Gasteiger partial charge in [0.1, 0.15) is 11.9 Å². The van der Waals surface area contributed by atoms with Crippen LogP contribution in [0.15, 0.2) is 55.0 Å². The number of halogens is 5. The lowest BCUT2D eigenvalue weighted by Crippen LogP contribution is -2.09. The van der Waals surface area contributed by atoms with Crippen molar-refractivity contribution in [3.8, 4) is 28.6 Å². The first-order valence-corrected chi connectivity index (χ1v) is 8.19. The third-order valence-corrected chi connectivity index (χ3v) is 4.37. The summed E-state index contributed by atoms with van der Waals surface area (Å²) in [5.41, 5.74) is -1.01. The summed E-state index contributed by atoms with van der Waals surface area (Å²) in [5, 5.41) is 9.23. The molecule has 3 aromatic heterocycles. The molecule has 1 aromatic carbocycles. The quantitative estimate of drug-likeness (QED) is 0.433. The smallest absolute Gasteiger partial charge is 0.297 e. The van der Waals surface area contributed by atoms with Crippen molar-refractivity contribution in [1.82, 2.24) is 14.4 Å². The van der Waals surface area contributed by atoms with E-state index in [4.69, 9.17) is 0 Å². The second-order valence-electron chi connectivity index (χ2n) is 6.08. The SMILES string of the molecule is N#Cc1cccnc1-c1cc(-c2cnc3c(F)c(C(F)(F)F)ccn23)ccc1F. The van der Waals surface area contributed by atoms with E-state index in [0.717, 1.165) is 16.7 Å². The molecule has 0 saturated heterocycles. The fourth-order valence-electron chi connectivity index (χ4n) is 3.03. The Bertz CT molecular complexity index is 1280. The van der Waals surface area contributed by atoms with E-state index in [2.05, 4.69) is 9.97 Å². The molecule has 144 valence electrons. The van der Waals surface area contributed by atoms with E-state index >= 15 is 0 Å². The second-order valence-corrected chi connectivity index (χ2v) is 6.08. The summed E-state index contributed by atoms with van der Waals surface area (Å²) in [4.78, 5) is 7.80. The van der Waals surface area contributed by atoms with Crippen LogP contribution in [0, 0.1) is 23.0 Å². The van der Waals surface area contributed by atoms with Crippen LogP contribution in [0.2, 0.25) is 0 Å². The molecule has 0 saturated carbocycles. The number of aromatic nitrogens is 3. The lowest BCUT2D eigenvalue weighted by atomic mass is 10.0. The van der Waals surface area contributed by atoms with Crippen LogP contribution in [0.3, 0.4) is 0 Å². The molecule has 0 unspecified atom stereocenters. The average molecular weight is 400 g/mol. The van der Waals surface area contributed by atoms with Gasteiger partial charge < -0.3 is 0 Å². The van der Waals surface area contributed by atoms with Gasteiger partial charge in [0.05, 0.1) is 28.7 Å². The molecule has 0 bridgehead atoms. The molecule has 0 radical (unpaired) electrons. The van der Waals surface area contributed by atoms with Crippen molar-refractivity contribution in [3.63, 3.8) is 0 Å². The summed E-state index contributed by atoms with van der Waals surface area (Å²) >= 11 is 0. The molecule has 0 aliphatic rings. The first-order chi connectivity index (χ1) is 13.8. The molecule has 9 heteroatoms. The fourth-order valence-corrected chi connectivity index (χ4v) is 3.03. The van der Waals surface area contributed by atoms with Gasteiger partial charge in [0.15, 0.2) is 11.5 Å². The van der Waals surface area contributed by atoms with Crippen molar-refractivity contribution in [1.29, 1.82) is 5.26 Å². The van der Waals surface area contributed by atoms with Gasteiger partial charge in [0, 0.05) is 23.5 Å². The van der Waals surface area contributed by atoms with Crippen LogP contribution in [0.4, 0.5) is 22.0 Å². The van der Waals surface area contributed by atoms with Crippen molar-refractivity contribution < 1.29 is 22.0 Å². The summed E-state index contributed by atoms with van der Waals surface area (Å²) in [5.74, 6) is -2.13. The fraction of sp³-hybridized carbons (Fsp3) is 0.0500. The number of hydrogen-bond acceptors (Lipinski definition) is 3. The molecule has 4 nitrogen and oxygen atoms in total. The molecule has 29 heavy (non-hydrogen) atoms. The van der Waals surface area contributed by atoms with Crippen LogP contribution in [-0.4, -0.2) is 14.4 Å². The minimum Gasteiger partial charge on any atom is -0.297 e. The molecule has 0 fully saturated rings. The summed E-state index contributed by atoms with van der Waals surface area (Å²) in [6, 6.07) is 9.47. The molecule has 0 atom stereocenters. The van der Waals surface area contributed by atoms with E-state index in [0.29, 0.717) is 11.6 Å². The van der Waals surface area contributed by atoms with Crippen molar-refractivity contribution in [2.24, 2.45) is 0 Å². The van der Waals surface area contributed by atoms with Gasteiger partial charge in [-0.1, -0.05) is 0 Å². The number of pyridine rings is 2. The number of hydrogen-bond donors (Lipinski definition) is 0. The van der Waals surface area contributed by atoms with Crippen LogP contribution in [0.25, 0.3) is 28.2 Å². The predicted octanol–water partition coefficient (Wildman–Crippen LogP) is 5.23. The lowest BCUT2D eigenvalue weighted by Gasteiger charge is -2.10. The zero-order chi connectivity index (χ0) is 20.8. The highest BCUT2D eigenvalue weighted by Gasteiger charge is 2.35. The molecule has 4 rings (SSSR count). The number of fused-ring (bicyclic) bond motifs is 1. The van der Waals surface area contributed by atoms with Crippen LogP contribution >= 0.6 is 0 Å². The summed E-state index contributed by atoms with van der Waals surface area (Å²) in [6.45, 7) is 0. The van der Waals surface area contributed by atoms with Gasteiger partial charge in [-0.3, -0.25) is 9.38 Å². The van der Waals surface area contributed by atoms with Crippen LogP contribution in [0.1, 0.15) is 11.1 Å². The maximum atomic E-state index is 14.4. The highest BCUT2D eigenvalue weighted by atomic mass is 19.4. The van der Waals surface area contributed by atoms with Crippen molar-refractivity contribution in [2.75, 3.05) is 0 Å². The Hall–Kier alpha value is -3.80. The molecule has 0 aliphatic heterocycles. The largest absolute Gasteiger partial charge is 0.419 e. The van der Waals surface area contributed by atoms with E-state index < -0.39 is 29.0 Å². The van der Waals surface area contributed by atoms with E-state index in [9.17, 15) is 27.2 Å². The molecular formula is C20H9F5N4. The lowest BCUT2D eigenvalue weighted by molar-refractivity contribution is -0.139. The van der Waals surface area contributed by atoms with Gasteiger partial charge in [0.2, 0.25) is 0 Å². The van der Waals surface area contributed by atoms with Gasteiger partial charge >= 0.3 is 6.18 Å². The van der Waals surface area contributed by atoms with Gasteiger partial charge in [-0.05, 0) is 36.4 Å². The van der Waals surface area contributed by atoms with E-state index in [1.807, 2.05) is 6.07 Å². The Balaban J connectivity index is 1.90. The van der Waals surface area contributed by atoms with Crippen molar-refractivity contribution >= 4 is 5.65 Å². The number of rotatable bonds is 2. The minimum absolute atomic E-state index is 0.0296. The first-order valence-electron chi connectivity index (χ1n) is 8.19. The monoisotopic (exact) mass is 400 g/mol. The van der Waals surface area contributed by atoms with E-state index in [1.165, 1.54) is 36.7 Å². The second kappa shape index (κ2) is 6.67. The van der Waals surface area contributed by atoms with Crippen molar-refractivity contribution in [3.05, 3.63) is 77.8 Å². The standard InChI is InChI=1S/C20H9F5N4/c21-15-4-3-11(8-13(15)18-12(9-26)2-1-6-27-18)16-10-28-19-17(22)14(20(23,24)25)5-7-29(16)19/h1-8,10H. The normalized spacial score (nSPS) is 11.6.